The molecule has 0 aliphatic carbocycles. The summed E-state index contributed by atoms with van der Waals surface area (Å²) < 4.78 is 5.88. The van der Waals surface area contributed by atoms with Crippen molar-refractivity contribution in [2.45, 2.75) is 116 Å². The predicted octanol–water partition coefficient (Wildman–Crippen LogP) is 11.3. The van der Waals surface area contributed by atoms with E-state index in [-0.39, 0.29) is 0 Å². The van der Waals surface area contributed by atoms with Crippen molar-refractivity contribution in [3.63, 3.8) is 0 Å². The second-order valence-electron chi connectivity index (χ2n) is 12.0. The van der Waals surface area contributed by atoms with E-state index in [0.29, 0.717) is 22.0 Å². The minimum absolute atomic E-state index is 0.386. The average molecular weight is 633 g/mol. The zero-order valence-corrected chi connectivity index (χ0v) is 28.0. The van der Waals surface area contributed by atoms with E-state index in [0.717, 1.165) is 18.7 Å². The quantitative estimate of drug-likeness (QED) is 0.0585. The minimum atomic E-state index is -1.37. The van der Waals surface area contributed by atoms with Crippen LogP contribution in [0.3, 0.4) is 0 Å². The van der Waals surface area contributed by atoms with Crippen molar-refractivity contribution in [2.75, 3.05) is 17.2 Å². The van der Waals surface area contributed by atoms with Gasteiger partial charge < -0.3 is 15.4 Å². The summed E-state index contributed by atoms with van der Waals surface area (Å²) in [6.45, 7) is 3.17. The highest BCUT2D eigenvalue weighted by Crippen LogP contribution is 2.23. The largest absolute Gasteiger partial charge is 0.472 e. The van der Waals surface area contributed by atoms with Gasteiger partial charge in [-0.2, -0.15) is 0 Å². The van der Waals surface area contributed by atoms with E-state index in [4.69, 9.17) is 16.3 Å². The molecule has 0 heterocycles. The number of amides is 1. The van der Waals surface area contributed by atoms with Crippen LogP contribution in [0.5, 0.6) is 5.75 Å². The van der Waals surface area contributed by atoms with E-state index in [1.807, 2.05) is 18.2 Å². The molecule has 1 atom stereocenters. The number of unbranched alkanes of at least 4 members (excludes halogenated alkanes) is 15. The van der Waals surface area contributed by atoms with Crippen molar-refractivity contribution in [1.29, 1.82) is 0 Å². The van der Waals surface area contributed by atoms with Gasteiger partial charge in [-0.15, -0.1) is 0 Å². The lowest BCUT2D eigenvalue weighted by molar-refractivity contribution is -0.120. The Bertz CT molecular complexity index is 1230. The number of halogens is 1. The molecule has 0 aromatic heterocycles. The average Bonchev–Trinajstić information content (AvgIpc) is 3.06. The molecule has 0 radical (unpaired) electrons. The maximum Gasteiger partial charge on any atom is 0.273 e. The van der Waals surface area contributed by atoms with Crippen molar-refractivity contribution < 1.29 is 14.3 Å². The Morgan fingerprint density at radius 1 is 0.644 bits per heavy atom. The van der Waals surface area contributed by atoms with Crippen LogP contribution in [-0.4, -0.2) is 24.3 Å². The summed E-state index contributed by atoms with van der Waals surface area (Å²) in [7, 11) is 0. The topological polar surface area (TPSA) is 67.4 Å². The second-order valence-corrected chi connectivity index (χ2v) is 12.4. The third-order valence-electron chi connectivity index (χ3n) is 8.13. The van der Waals surface area contributed by atoms with Gasteiger partial charge in [0.25, 0.3) is 5.91 Å². The summed E-state index contributed by atoms with van der Waals surface area (Å²) in [6.07, 6.45) is 20.4. The van der Waals surface area contributed by atoms with Crippen LogP contribution in [0.4, 0.5) is 11.4 Å². The van der Waals surface area contributed by atoms with Crippen LogP contribution in [0.2, 0.25) is 5.02 Å². The van der Waals surface area contributed by atoms with Gasteiger partial charge in [0.05, 0.1) is 10.7 Å². The van der Waals surface area contributed by atoms with Gasteiger partial charge in [0, 0.05) is 17.8 Å². The molecule has 3 aromatic rings. The van der Waals surface area contributed by atoms with E-state index in [2.05, 4.69) is 17.6 Å². The molecule has 45 heavy (non-hydrogen) atoms. The number of rotatable bonds is 24. The first-order chi connectivity index (χ1) is 22.1. The number of carbonyl (C=O) groups excluding carboxylic acids is 2. The number of para-hydroxylation sites is 2. The maximum atomic E-state index is 13.5. The Kier molecular flexibility index (Phi) is 17.9. The number of hydrogen-bond donors (Lipinski definition) is 2. The third kappa shape index (κ3) is 14.6. The molecule has 0 bridgehead atoms. The number of anilines is 2. The normalized spacial score (nSPS) is 11.6. The fourth-order valence-corrected chi connectivity index (χ4v) is 5.61. The Balaban J connectivity index is 1.33. The van der Waals surface area contributed by atoms with Crippen LogP contribution in [0.1, 0.15) is 120 Å². The summed E-state index contributed by atoms with van der Waals surface area (Å²) in [4.78, 5) is 26.7. The van der Waals surface area contributed by atoms with Crippen molar-refractivity contribution >= 4 is 34.7 Å². The van der Waals surface area contributed by atoms with Crippen molar-refractivity contribution in [3.05, 3.63) is 89.4 Å². The highest BCUT2D eigenvalue weighted by atomic mass is 35.5. The highest BCUT2D eigenvalue weighted by molar-refractivity contribution is 6.34. The predicted molar refractivity (Wildman–Crippen MR) is 190 cm³/mol. The number of hydrogen-bond acceptors (Lipinski definition) is 4. The maximum absolute atomic E-state index is 13.5. The fourth-order valence-electron chi connectivity index (χ4n) is 5.43. The van der Waals surface area contributed by atoms with Crippen LogP contribution in [-0.2, 0) is 4.79 Å². The number of Topliss-reactive ketones (excluding diaryl/α,β-unsaturated/α-hetero) is 1. The number of carbonyl (C=O) groups is 2. The Morgan fingerprint density at radius 2 is 1.16 bits per heavy atom. The van der Waals surface area contributed by atoms with E-state index >= 15 is 0 Å². The molecular weight excluding hydrogens is 580 g/mol. The Labute approximate surface area is 276 Å². The molecule has 0 spiro atoms. The first kappa shape index (κ1) is 36.2. The second kappa shape index (κ2) is 22.2. The smallest absolute Gasteiger partial charge is 0.273 e. The molecule has 2 N–H and O–H groups in total. The zero-order valence-electron chi connectivity index (χ0n) is 27.2. The molecule has 5 nitrogen and oxygen atoms in total. The van der Waals surface area contributed by atoms with Gasteiger partial charge >= 0.3 is 0 Å². The summed E-state index contributed by atoms with van der Waals surface area (Å²) in [5.41, 5.74) is 1.78. The Hall–Kier alpha value is -3.31. The standard InChI is InChI=1S/C39H53ClN2O3/c1-2-3-4-5-6-7-8-9-10-11-12-13-14-15-16-22-31-41-33-29-27-32(28-30-33)37(43)38(45-34-23-18-17-19-24-34)39(44)42-36-26-21-20-25-35(36)40/h17-21,23-30,38,41H,2-16,22,31H2,1H3,(H,42,44)/t38-/m0/s1. The molecule has 0 unspecified atom stereocenters. The summed E-state index contributed by atoms with van der Waals surface area (Å²) in [5, 5.41) is 6.58. The molecule has 244 valence electrons. The number of ether oxygens (including phenoxy) is 1. The van der Waals surface area contributed by atoms with Crippen LogP contribution in [0.15, 0.2) is 78.9 Å². The molecule has 3 aromatic carbocycles. The van der Waals surface area contributed by atoms with E-state index in [1.165, 1.54) is 96.3 Å². The molecule has 1 amide bonds. The molecule has 6 heteroatoms. The van der Waals surface area contributed by atoms with Gasteiger partial charge in [0.2, 0.25) is 11.9 Å². The van der Waals surface area contributed by atoms with Crippen LogP contribution >= 0.6 is 11.6 Å². The number of nitrogens with one attached hydrogen (secondary N) is 2. The van der Waals surface area contributed by atoms with Gasteiger partial charge in [0.1, 0.15) is 5.75 Å². The van der Waals surface area contributed by atoms with E-state index < -0.39 is 17.8 Å². The lowest BCUT2D eigenvalue weighted by atomic mass is 10.0. The fraction of sp³-hybridized carbons (Fsp3) is 0.487. The van der Waals surface area contributed by atoms with Crippen molar-refractivity contribution in [2.24, 2.45) is 0 Å². The Morgan fingerprint density at radius 3 is 1.71 bits per heavy atom. The molecule has 0 aliphatic rings. The lowest BCUT2D eigenvalue weighted by Gasteiger charge is -2.18. The van der Waals surface area contributed by atoms with Gasteiger partial charge in [-0.1, -0.05) is 145 Å². The van der Waals surface area contributed by atoms with Crippen molar-refractivity contribution in [1.82, 2.24) is 0 Å². The molecule has 0 saturated heterocycles. The number of ketones is 1. The summed E-state index contributed by atoms with van der Waals surface area (Å²) >= 11 is 6.23. The summed E-state index contributed by atoms with van der Waals surface area (Å²) in [5.74, 6) is -0.572. The number of benzene rings is 3. The van der Waals surface area contributed by atoms with Gasteiger partial charge in [-0.05, 0) is 55.0 Å². The van der Waals surface area contributed by atoms with Crippen LogP contribution in [0, 0.1) is 0 Å². The molecule has 3 rings (SSSR count). The molecule has 0 saturated carbocycles. The monoisotopic (exact) mass is 632 g/mol. The van der Waals surface area contributed by atoms with Crippen LogP contribution < -0.4 is 15.4 Å². The molecule has 0 fully saturated rings. The molecule has 0 aliphatic heterocycles. The van der Waals surface area contributed by atoms with Gasteiger partial charge in [-0.3, -0.25) is 9.59 Å². The first-order valence-corrected chi connectivity index (χ1v) is 17.6. The van der Waals surface area contributed by atoms with Gasteiger partial charge in [0.15, 0.2) is 0 Å². The highest BCUT2D eigenvalue weighted by Gasteiger charge is 2.30. The summed E-state index contributed by atoms with van der Waals surface area (Å²) in [6, 6.07) is 23.0. The minimum Gasteiger partial charge on any atom is -0.472 e. The van der Waals surface area contributed by atoms with E-state index in [1.54, 1.807) is 60.7 Å². The van der Waals surface area contributed by atoms with Crippen LogP contribution in [0.25, 0.3) is 0 Å². The van der Waals surface area contributed by atoms with Crippen molar-refractivity contribution in [3.8, 4) is 5.75 Å². The lowest BCUT2D eigenvalue weighted by Crippen LogP contribution is -2.40. The SMILES string of the molecule is CCCCCCCCCCCCCCCCCCNc1ccc(C(=O)[C@H](Oc2ccccc2)C(=O)Nc2ccccc2Cl)cc1. The first-order valence-electron chi connectivity index (χ1n) is 17.2. The third-order valence-corrected chi connectivity index (χ3v) is 8.46. The van der Waals surface area contributed by atoms with Gasteiger partial charge in [-0.25, -0.2) is 0 Å². The molecular formula is C39H53ClN2O3. The van der Waals surface area contributed by atoms with E-state index in [9.17, 15) is 9.59 Å². The zero-order chi connectivity index (χ0) is 32.0.